The van der Waals surface area contributed by atoms with Crippen LogP contribution in [0.1, 0.15) is 18.1 Å². The van der Waals surface area contributed by atoms with Crippen LogP contribution in [-0.4, -0.2) is 18.3 Å². The molecule has 2 rings (SSSR count). The molecule has 2 aromatic carbocycles. The van der Waals surface area contributed by atoms with Crippen LogP contribution in [0.25, 0.3) is 0 Å². The summed E-state index contributed by atoms with van der Waals surface area (Å²) in [7, 11) is 0. The lowest BCUT2D eigenvalue weighted by molar-refractivity contribution is 0.303. The average Bonchev–Trinajstić information content (AvgIpc) is 2.53. The minimum atomic E-state index is -0.145. The zero-order valence-electron chi connectivity index (χ0n) is 12.0. The summed E-state index contributed by atoms with van der Waals surface area (Å²) < 4.78 is 11.1. The Labute approximate surface area is 125 Å². The van der Waals surface area contributed by atoms with E-state index in [4.69, 9.17) is 14.6 Å². The second kappa shape index (κ2) is 7.98. The monoisotopic (exact) mass is 282 g/mol. The standard InChI is InChI=1S/C18H18O3/c1-2-20-17-9-11-18(12-10-17)21-14-16-7-4-3-6-15(16)8-5-13-19/h3-4,6-7,9-12,19H,2,13-14H2,1H3. The van der Waals surface area contributed by atoms with E-state index in [0.29, 0.717) is 13.2 Å². The van der Waals surface area contributed by atoms with Gasteiger partial charge in [0.05, 0.1) is 6.61 Å². The van der Waals surface area contributed by atoms with Crippen molar-refractivity contribution in [2.24, 2.45) is 0 Å². The van der Waals surface area contributed by atoms with E-state index in [2.05, 4.69) is 11.8 Å². The highest BCUT2D eigenvalue weighted by Crippen LogP contribution is 2.19. The zero-order chi connectivity index (χ0) is 14.9. The summed E-state index contributed by atoms with van der Waals surface area (Å²) >= 11 is 0. The van der Waals surface area contributed by atoms with Crippen LogP contribution in [0, 0.1) is 11.8 Å². The molecule has 3 heteroatoms. The van der Waals surface area contributed by atoms with Crippen LogP contribution < -0.4 is 9.47 Å². The number of hydrogen-bond donors (Lipinski definition) is 1. The summed E-state index contributed by atoms with van der Waals surface area (Å²) in [5.74, 6) is 7.20. The molecule has 2 aromatic rings. The topological polar surface area (TPSA) is 38.7 Å². The zero-order valence-corrected chi connectivity index (χ0v) is 12.0. The quantitative estimate of drug-likeness (QED) is 0.857. The molecule has 3 nitrogen and oxygen atoms in total. The minimum absolute atomic E-state index is 0.145. The van der Waals surface area contributed by atoms with E-state index in [9.17, 15) is 0 Å². The number of hydrogen-bond acceptors (Lipinski definition) is 3. The highest BCUT2D eigenvalue weighted by atomic mass is 16.5. The van der Waals surface area contributed by atoms with E-state index in [1.54, 1.807) is 0 Å². The second-order valence-corrected chi connectivity index (χ2v) is 4.31. The van der Waals surface area contributed by atoms with E-state index < -0.39 is 0 Å². The number of ether oxygens (including phenoxy) is 2. The predicted octanol–water partition coefficient (Wildman–Crippen LogP) is 3.01. The van der Waals surface area contributed by atoms with Gasteiger partial charge in [0.1, 0.15) is 24.7 Å². The van der Waals surface area contributed by atoms with Gasteiger partial charge in [-0.25, -0.2) is 0 Å². The van der Waals surface area contributed by atoms with Gasteiger partial charge in [-0.2, -0.15) is 0 Å². The van der Waals surface area contributed by atoms with E-state index in [-0.39, 0.29) is 6.61 Å². The van der Waals surface area contributed by atoms with Gasteiger partial charge in [-0.05, 0) is 37.3 Å². The minimum Gasteiger partial charge on any atom is -0.494 e. The predicted molar refractivity (Wildman–Crippen MR) is 82.3 cm³/mol. The molecule has 0 atom stereocenters. The maximum Gasteiger partial charge on any atom is 0.120 e. The normalized spacial score (nSPS) is 9.62. The molecule has 0 heterocycles. The summed E-state index contributed by atoms with van der Waals surface area (Å²) in [4.78, 5) is 0. The van der Waals surface area contributed by atoms with Crippen molar-refractivity contribution in [1.82, 2.24) is 0 Å². The van der Waals surface area contributed by atoms with Crippen molar-refractivity contribution in [2.75, 3.05) is 13.2 Å². The van der Waals surface area contributed by atoms with Gasteiger partial charge in [0.25, 0.3) is 0 Å². The molecule has 0 amide bonds. The maximum atomic E-state index is 8.78. The first-order valence-corrected chi connectivity index (χ1v) is 6.86. The molecule has 0 aromatic heterocycles. The lowest BCUT2D eigenvalue weighted by Crippen LogP contribution is -1.98. The van der Waals surface area contributed by atoms with Crippen LogP contribution in [0.4, 0.5) is 0 Å². The third-order valence-electron chi connectivity index (χ3n) is 2.85. The van der Waals surface area contributed by atoms with Gasteiger partial charge in [0, 0.05) is 11.1 Å². The SMILES string of the molecule is CCOc1ccc(OCc2ccccc2C#CCO)cc1. The molecule has 0 radical (unpaired) electrons. The van der Waals surface area contributed by atoms with Gasteiger partial charge in [-0.3, -0.25) is 0 Å². The van der Waals surface area contributed by atoms with Gasteiger partial charge in [-0.1, -0.05) is 30.0 Å². The fraction of sp³-hybridized carbons (Fsp3) is 0.222. The third-order valence-corrected chi connectivity index (χ3v) is 2.85. The fourth-order valence-electron chi connectivity index (χ4n) is 1.86. The van der Waals surface area contributed by atoms with E-state index in [1.807, 2.05) is 55.5 Å². The molecule has 0 spiro atoms. The van der Waals surface area contributed by atoms with Gasteiger partial charge >= 0.3 is 0 Å². The number of benzene rings is 2. The Kier molecular flexibility index (Phi) is 5.69. The van der Waals surface area contributed by atoms with Crippen molar-refractivity contribution >= 4 is 0 Å². The largest absolute Gasteiger partial charge is 0.494 e. The van der Waals surface area contributed by atoms with Crippen LogP contribution in [-0.2, 0) is 6.61 Å². The lowest BCUT2D eigenvalue weighted by atomic mass is 10.1. The number of aliphatic hydroxyl groups excluding tert-OH is 1. The summed E-state index contributed by atoms with van der Waals surface area (Å²) in [6.45, 7) is 2.89. The van der Waals surface area contributed by atoms with Gasteiger partial charge < -0.3 is 14.6 Å². The fourth-order valence-corrected chi connectivity index (χ4v) is 1.86. The third kappa shape index (κ3) is 4.55. The Bertz CT molecular complexity index is 621. The molecule has 0 bridgehead atoms. The average molecular weight is 282 g/mol. The van der Waals surface area contributed by atoms with E-state index in [1.165, 1.54) is 0 Å². The molecule has 0 aliphatic heterocycles. The molecule has 0 aliphatic carbocycles. The molecule has 0 saturated carbocycles. The first-order chi connectivity index (χ1) is 10.3. The maximum absolute atomic E-state index is 8.78. The van der Waals surface area contributed by atoms with Crippen LogP contribution in [0.5, 0.6) is 11.5 Å². The van der Waals surface area contributed by atoms with Gasteiger partial charge in [0.2, 0.25) is 0 Å². The van der Waals surface area contributed by atoms with Crippen LogP contribution in [0.3, 0.4) is 0 Å². The molecule has 108 valence electrons. The summed E-state index contributed by atoms with van der Waals surface area (Å²) in [6.07, 6.45) is 0. The molecule has 21 heavy (non-hydrogen) atoms. The Morgan fingerprint density at radius 2 is 1.62 bits per heavy atom. The second-order valence-electron chi connectivity index (χ2n) is 4.31. The lowest BCUT2D eigenvalue weighted by Gasteiger charge is -2.09. The summed E-state index contributed by atoms with van der Waals surface area (Å²) in [6, 6.07) is 15.3. The van der Waals surface area contributed by atoms with Crippen LogP contribution in [0.2, 0.25) is 0 Å². The summed E-state index contributed by atoms with van der Waals surface area (Å²) in [5.41, 5.74) is 1.87. The van der Waals surface area contributed by atoms with Crippen molar-refractivity contribution in [3.63, 3.8) is 0 Å². The summed E-state index contributed by atoms with van der Waals surface area (Å²) in [5, 5.41) is 8.78. The molecular weight excluding hydrogens is 264 g/mol. The Balaban J connectivity index is 2.02. The molecule has 1 N–H and O–H groups in total. The van der Waals surface area contributed by atoms with E-state index in [0.717, 1.165) is 22.6 Å². The van der Waals surface area contributed by atoms with Crippen molar-refractivity contribution < 1.29 is 14.6 Å². The Hall–Kier alpha value is -2.44. The van der Waals surface area contributed by atoms with Gasteiger partial charge in [0.15, 0.2) is 0 Å². The van der Waals surface area contributed by atoms with Crippen molar-refractivity contribution in [2.45, 2.75) is 13.5 Å². The van der Waals surface area contributed by atoms with Crippen molar-refractivity contribution in [3.8, 4) is 23.3 Å². The van der Waals surface area contributed by atoms with Crippen molar-refractivity contribution in [3.05, 3.63) is 59.7 Å². The van der Waals surface area contributed by atoms with Crippen LogP contribution in [0.15, 0.2) is 48.5 Å². The first-order valence-electron chi connectivity index (χ1n) is 6.86. The van der Waals surface area contributed by atoms with Crippen molar-refractivity contribution in [1.29, 1.82) is 0 Å². The number of rotatable bonds is 5. The smallest absolute Gasteiger partial charge is 0.120 e. The first kappa shape index (κ1) is 15.0. The Morgan fingerprint density at radius 1 is 0.952 bits per heavy atom. The number of aliphatic hydroxyl groups is 1. The molecule has 0 aliphatic rings. The highest BCUT2D eigenvalue weighted by molar-refractivity contribution is 5.41. The highest BCUT2D eigenvalue weighted by Gasteiger charge is 2.01. The Morgan fingerprint density at radius 3 is 2.29 bits per heavy atom. The molecular formula is C18H18O3. The van der Waals surface area contributed by atoms with Gasteiger partial charge in [-0.15, -0.1) is 0 Å². The van der Waals surface area contributed by atoms with Crippen LogP contribution >= 0.6 is 0 Å². The van der Waals surface area contributed by atoms with E-state index >= 15 is 0 Å². The molecule has 0 saturated heterocycles. The molecule has 0 fully saturated rings. The molecule has 0 unspecified atom stereocenters.